The van der Waals surface area contributed by atoms with Gasteiger partial charge in [-0.25, -0.2) is 0 Å². The Morgan fingerprint density at radius 3 is 2.65 bits per heavy atom. The van der Waals surface area contributed by atoms with E-state index in [0.717, 1.165) is 15.6 Å². The number of amides is 1. The lowest BCUT2D eigenvalue weighted by molar-refractivity contribution is -0.120. The highest BCUT2D eigenvalue weighted by atomic mass is 79.9. The first-order valence-electron chi connectivity index (χ1n) is 8.05. The maximum absolute atomic E-state index is 11.8. The van der Waals surface area contributed by atoms with Crippen LogP contribution in [0.25, 0.3) is 0 Å². The molecule has 2 aromatic carbocycles. The first kappa shape index (κ1) is 19.8. The van der Waals surface area contributed by atoms with Crippen molar-refractivity contribution in [3.05, 3.63) is 52.0 Å². The molecule has 0 fully saturated rings. The zero-order valence-electron chi connectivity index (χ0n) is 14.9. The quantitative estimate of drug-likeness (QED) is 0.514. The predicted octanol–water partition coefficient (Wildman–Crippen LogP) is 4.15. The Bertz CT molecular complexity index is 776. The lowest BCUT2D eigenvalue weighted by Crippen LogP contribution is -2.16. The van der Waals surface area contributed by atoms with Crippen molar-refractivity contribution in [3.63, 3.8) is 0 Å². The first-order valence-corrected chi connectivity index (χ1v) is 8.85. The Morgan fingerprint density at radius 2 is 2.00 bits per heavy atom. The summed E-state index contributed by atoms with van der Waals surface area (Å²) in [6.07, 6.45) is 1.51. The van der Waals surface area contributed by atoms with Gasteiger partial charge >= 0.3 is 0 Å². The van der Waals surface area contributed by atoms with Crippen LogP contribution in [-0.4, -0.2) is 32.4 Å². The largest absolute Gasteiger partial charge is 0.492 e. The molecule has 0 saturated heterocycles. The van der Waals surface area contributed by atoms with Crippen LogP contribution < -0.4 is 14.8 Å². The first-order chi connectivity index (χ1) is 12.5. The second-order valence-corrected chi connectivity index (χ2v) is 6.24. The Labute approximate surface area is 161 Å². The van der Waals surface area contributed by atoms with Gasteiger partial charge in [0.2, 0.25) is 0 Å². The number of carbonyl (C=O) groups excluding carboxylic acids is 1. The third kappa shape index (κ3) is 5.77. The topological polar surface area (TPSA) is 69.2 Å². The molecule has 0 saturated carbocycles. The number of halogens is 1. The maximum atomic E-state index is 11.8. The molecule has 0 aliphatic heterocycles. The molecular formula is C19H21BrN2O4. The number of anilines is 1. The fourth-order valence-corrected chi connectivity index (χ4v) is 2.77. The van der Waals surface area contributed by atoms with E-state index >= 15 is 0 Å². The van der Waals surface area contributed by atoms with E-state index in [1.54, 1.807) is 13.2 Å². The molecular weight excluding hydrogens is 400 g/mol. The second-order valence-electron chi connectivity index (χ2n) is 5.39. The summed E-state index contributed by atoms with van der Waals surface area (Å²) < 4.78 is 11.6. The minimum atomic E-state index is -0.281. The molecule has 1 N–H and O–H groups in total. The molecule has 0 heterocycles. The summed E-state index contributed by atoms with van der Waals surface area (Å²) in [5.41, 5.74) is 2.59. The summed E-state index contributed by atoms with van der Waals surface area (Å²) in [7, 11) is 1.58. The van der Waals surface area contributed by atoms with E-state index in [-0.39, 0.29) is 12.5 Å². The Morgan fingerprint density at radius 1 is 1.27 bits per heavy atom. The standard InChI is InChI=1S/C19H21BrN2O4/c1-4-25-17-10-14(9-16(20)19(17)24-3)11-21-26-12-18(23)22-15-7-5-13(2)6-8-15/h5-11H,4,12H2,1-3H3,(H,22,23). The number of aryl methyl sites for hydroxylation is 1. The summed E-state index contributed by atoms with van der Waals surface area (Å²) >= 11 is 3.43. The van der Waals surface area contributed by atoms with Crippen LogP contribution in [0.2, 0.25) is 0 Å². The molecule has 0 unspecified atom stereocenters. The fourth-order valence-electron chi connectivity index (χ4n) is 2.15. The van der Waals surface area contributed by atoms with E-state index in [1.807, 2.05) is 44.2 Å². The highest BCUT2D eigenvalue weighted by Gasteiger charge is 2.10. The number of hydrogen-bond acceptors (Lipinski definition) is 5. The number of nitrogens with zero attached hydrogens (tertiary/aromatic N) is 1. The minimum absolute atomic E-state index is 0.181. The monoisotopic (exact) mass is 420 g/mol. The molecule has 0 aliphatic rings. The lowest BCUT2D eigenvalue weighted by atomic mass is 10.2. The highest BCUT2D eigenvalue weighted by molar-refractivity contribution is 9.10. The number of carbonyl (C=O) groups is 1. The molecule has 2 aromatic rings. The molecule has 1 amide bonds. The molecule has 2 rings (SSSR count). The molecule has 0 spiro atoms. The van der Waals surface area contributed by atoms with Crippen LogP contribution in [0.1, 0.15) is 18.1 Å². The third-order valence-electron chi connectivity index (χ3n) is 3.34. The van der Waals surface area contributed by atoms with Gasteiger partial charge in [-0.3, -0.25) is 4.79 Å². The predicted molar refractivity (Wildman–Crippen MR) is 105 cm³/mol. The van der Waals surface area contributed by atoms with Crippen LogP contribution in [0.15, 0.2) is 46.0 Å². The molecule has 26 heavy (non-hydrogen) atoms. The van der Waals surface area contributed by atoms with Gasteiger partial charge in [0.25, 0.3) is 5.91 Å². The SMILES string of the molecule is CCOc1cc(C=NOCC(=O)Nc2ccc(C)cc2)cc(Br)c1OC. The molecule has 6 nitrogen and oxygen atoms in total. The van der Waals surface area contributed by atoms with Crippen molar-refractivity contribution >= 4 is 33.7 Å². The second kappa shape index (κ2) is 9.82. The van der Waals surface area contributed by atoms with Crippen molar-refractivity contribution in [2.24, 2.45) is 5.16 Å². The van der Waals surface area contributed by atoms with E-state index in [4.69, 9.17) is 14.3 Å². The number of benzene rings is 2. The van der Waals surface area contributed by atoms with Crippen molar-refractivity contribution in [3.8, 4) is 11.5 Å². The average molecular weight is 421 g/mol. The molecule has 0 bridgehead atoms. The maximum Gasteiger partial charge on any atom is 0.265 e. The van der Waals surface area contributed by atoms with E-state index in [1.165, 1.54) is 6.21 Å². The van der Waals surface area contributed by atoms with Crippen LogP contribution in [0.5, 0.6) is 11.5 Å². The van der Waals surface area contributed by atoms with Crippen molar-refractivity contribution in [1.29, 1.82) is 0 Å². The van der Waals surface area contributed by atoms with Gasteiger partial charge in [-0.2, -0.15) is 0 Å². The molecule has 0 aromatic heterocycles. The Kier molecular flexibility index (Phi) is 7.47. The van der Waals surface area contributed by atoms with Crippen molar-refractivity contribution in [2.45, 2.75) is 13.8 Å². The van der Waals surface area contributed by atoms with Gasteiger partial charge in [0.15, 0.2) is 18.1 Å². The molecule has 7 heteroatoms. The fraction of sp³-hybridized carbons (Fsp3) is 0.263. The van der Waals surface area contributed by atoms with E-state index in [9.17, 15) is 4.79 Å². The summed E-state index contributed by atoms with van der Waals surface area (Å²) in [6.45, 7) is 4.21. The Hall–Kier alpha value is -2.54. The van der Waals surface area contributed by atoms with Gasteiger partial charge < -0.3 is 19.6 Å². The van der Waals surface area contributed by atoms with Crippen molar-refractivity contribution in [1.82, 2.24) is 0 Å². The zero-order chi connectivity index (χ0) is 18.9. The van der Waals surface area contributed by atoms with Crippen LogP contribution in [-0.2, 0) is 9.63 Å². The third-order valence-corrected chi connectivity index (χ3v) is 3.93. The van der Waals surface area contributed by atoms with Gasteiger partial charge in [0.1, 0.15) is 0 Å². The number of ether oxygens (including phenoxy) is 2. The number of methoxy groups -OCH3 is 1. The van der Waals surface area contributed by atoms with Gasteiger partial charge in [-0.1, -0.05) is 22.9 Å². The zero-order valence-corrected chi connectivity index (χ0v) is 16.5. The van der Waals surface area contributed by atoms with Gasteiger partial charge in [-0.05, 0) is 54.0 Å². The molecule has 0 radical (unpaired) electrons. The van der Waals surface area contributed by atoms with Crippen LogP contribution in [0.3, 0.4) is 0 Å². The van der Waals surface area contributed by atoms with E-state index in [2.05, 4.69) is 26.4 Å². The van der Waals surface area contributed by atoms with E-state index < -0.39 is 0 Å². The molecule has 0 aliphatic carbocycles. The summed E-state index contributed by atoms with van der Waals surface area (Å²) in [5, 5.41) is 6.57. The number of rotatable bonds is 8. The minimum Gasteiger partial charge on any atom is -0.492 e. The summed E-state index contributed by atoms with van der Waals surface area (Å²) in [4.78, 5) is 16.9. The smallest absolute Gasteiger partial charge is 0.265 e. The molecule has 138 valence electrons. The van der Waals surface area contributed by atoms with Gasteiger partial charge in [-0.15, -0.1) is 0 Å². The van der Waals surface area contributed by atoms with Crippen LogP contribution in [0, 0.1) is 6.92 Å². The highest BCUT2D eigenvalue weighted by Crippen LogP contribution is 2.36. The van der Waals surface area contributed by atoms with Gasteiger partial charge in [0.05, 0.1) is 24.4 Å². The molecule has 0 atom stereocenters. The summed E-state index contributed by atoms with van der Waals surface area (Å²) in [5.74, 6) is 0.933. The van der Waals surface area contributed by atoms with Crippen molar-refractivity contribution < 1.29 is 19.1 Å². The number of oxime groups is 1. The summed E-state index contributed by atoms with van der Waals surface area (Å²) in [6, 6.07) is 11.1. The number of nitrogens with one attached hydrogen (secondary N) is 1. The average Bonchev–Trinajstić information content (AvgIpc) is 2.61. The van der Waals surface area contributed by atoms with E-state index in [0.29, 0.717) is 23.8 Å². The normalized spacial score (nSPS) is 10.6. The lowest BCUT2D eigenvalue weighted by Gasteiger charge is -2.11. The van der Waals surface area contributed by atoms with Gasteiger partial charge in [0, 0.05) is 11.3 Å². The number of hydrogen-bond donors (Lipinski definition) is 1. The van der Waals surface area contributed by atoms with Crippen LogP contribution in [0.4, 0.5) is 5.69 Å². The Balaban J connectivity index is 1.91. The van der Waals surface area contributed by atoms with Crippen molar-refractivity contribution in [2.75, 3.05) is 25.6 Å². The van der Waals surface area contributed by atoms with Crippen LogP contribution >= 0.6 is 15.9 Å².